The van der Waals surface area contributed by atoms with Crippen LogP contribution in [-0.4, -0.2) is 18.7 Å². The van der Waals surface area contributed by atoms with Crippen molar-refractivity contribution < 1.29 is 14.3 Å². The van der Waals surface area contributed by atoms with E-state index < -0.39 is 0 Å². The Morgan fingerprint density at radius 3 is 2.58 bits per heavy atom. The number of nitrogen functional groups attached to an aromatic ring is 1. The Labute approximate surface area is 113 Å². The lowest BCUT2D eigenvalue weighted by atomic mass is 10.0. The van der Waals surface area contributed by atoms with E-state index in [9.17, 15) is 4.79 Å². The first-order chi connectivity index (χ1) is 8.97. The molecular formula is C14H20N2O3. The highest BCUT2D eigenvalue weighted by atomic mass is 16.7. The van der Waals surface area contributed by atoms with E-state index in [1.807, 2.05) is 6.92 Å². The highest BCUT2D eigenvalue weighted by Crippen LogP contribution is 2.35. The molecular weight excluding hydrogens is 244 g/mol. The third-order valence-electron chi connectivity index (χ3n) is 2.99. The molecule has 5 nitrogen and oxygen atoms in total. The molecule has 1 unspecified atom stereocenters. The number of nitrogens with two attached hydrogens (primary N) is 1. The molecule has 1 atom stereocenters. The van der Waals surface area contributed by atoms with Crippen LogP contribution in [0.2, 0.25) is 0 Å². The Morgan fingerprint density at radius 1 is 1.32 bits per heavy atom. The van der Waals surface area contributed by atoms with Crippen molar-refractivity contribution in [1.82, 2.24) is 5.32 Å². The van der Waals surface area contributed by atoms with E-state index in [2.05, 4.69) is 19.2 Å². The molecule has 3 N–H and O–H groups in total. The molecule has 1 aromatic carbocycles. The fourth-order valence-electron chi connectivity index (χ4n) is 2.22. The largest absolute Gasteiger partial charge is 0.454 e. The number of carbonyl (C=O) groups excluding carboxylic acids is 1. The number of anilines is 1. The van der Waals surface area contributed by atoms with E-state index in [1.165, 1.54) is 0 Å². The summed E-state index contributed by atoms with van der Waals surface area (Å²) in [6.07, 6.45) is 0.927. The molecule has 19 heavy (non-hydrogen) atoms. The minimum Gasteiger partial charge on any atom is -0.454 e. The molecule has 1 aromatic rings. The minimum atomic E-state index is -0.177. The fraction of sp³-hybridized carbons (Fsp3) is 0.500. The van der Waals surface area contributed by atoms with E-state index in [-0.39, 0.29) is 18.7 Å². The lowest BCUT2D eigenvalue weighted by Gasteiger charge is -2.16. The van der Waals surface area contributed by atoms with Crippen LogP contribution in [-0.2, 0) is 0 Å². The van der Waals surface area contributed by atoms with Crippen molar-refractivity contribution in [2.24, 2.45) is 5.92 Å². The fourth-order valence-corrected chi connectivity index (χ4v) is 2.22. The van der Waals surface area contributed by atoms with Gasteiger partial charge < -0.3 is 20.5 Å². The molecule has 0 spiro atoms. The number of hydrogen-bond donors (Lipinski definition) is 2. The van der Waals surface area contributed by atoms with Crippen molar-refractivity contribution in [3.8, 4) is 11.5 Å². The van der Waals surface area contributed by atoms with Crippen molar-refractivity contribution >= 4 is 11.6 Å². The molecule has 5 heteroatoms. The van der Waals surface area contributed by atoms with Gasteiger partial charge >= 0.3 is 0 Å². The van der Waals surface area contributed by atoms with Crippen LogP contribution in [0.15, 0.2) is 12.1 Å². The monoisotopic (exact) mass is 264 g/mol. The molecule has 1 amide bonds. The Morgan fingerprint density at radius 2 is 1.95 bits per heavy atom. The van der Waals surface area contributed by atoms with Crippen molar-refractivity contribution in [3.63, 3.8) is 0 Å². The van der Waals surface area contributed by atoms with Gasteiger partial charge in [0.05, 0.1) is 5.56 Å². The summed E-state index contributed by atoms with van der Waals surface area (Å²) in [6.45, 7) is 6.40. The van der Waals surface area contributed by atoms with Crippen LogP contribution < -0.4 is 20.5 Å². The van der Waals surface area contributed by atoms with Gasteiger partial charge in [0, 0.05) is 17.8 Å². The molecule has 1 heterocycles. The van der Waals surface area contributed by atoms with Gasteiger partial charge in [-0.1, -0.05) is 13.8 Å². The molecule has 0 bridgehead atoms. The predicted octanol–water partition coefficient (Wildman–Crippen LogP) is 2.16. The van der Waals surface area contributed by atoms with Crippen molar-refractivity contribution in [3.05, 3.63) is 17.7 Å². The van der Waals surface area contributed by atoms with Gasteiger partial charge in [-0.15, -0.1) is 0 Å². The summed E-state index contributed by atoms with van der Waals surface area (Å²) < 4.78 is 10.5. The molecule has 0 aliphatic carbocycles. The van der Waals surface area contributed by atoms with E-state index in [0.717, 1.165) is 6.42 Å². The summed E-state index contributed by atoms with van der Waals surface area (Å²) in [6, 6.07) is 3.37. The number of ether oxygens (including phenoxy) is 2. The Balaban J connectivity index is 2.11. The number of benzene rings is 1. The molecule has 0 radical (unpaired) electrons. The number of fused-ring (bicyclic) bond motifs is 1. The lowest BCUT2D eigenvalue weighted by Crippen LogP contribution is -2.33. The molecule has 0 saturated heterocycles. The first-order valence-corrected chi connectivity index (χ1v) is 6.47. The Bertz CT molecular complexity index is 486. The predicted molar refractivity (Wildman–Crippen MR) is 73.4 cm³/mol. The van der Waals surface area contributed by atoms with Crippen molar-refractivity contribution in [1.29, 1.82) is 0 Å². The first-order valence-electron chi connectivity index (χ1n) is 6.47. The Hall–Kier alpha value is -1.91. The number of amides is 1. The highest BCUT2D eigenvalue weighted by Gasteiger charge is 2.20. The van der Waals surface area contributed by atoms with Gasteiger partial charge in [-0.2, -0.15) is 0 Å². The Kier molecular flexibility index (Phi) is 3.83. The number of rotatable bonds is 4. The van der Waals surface area contributed by atoms with E-state index in [0.29, 0.717) is 28.7 Å². The molecule has 0 aromatic heterocycles. The van der Waals surface area contributed by atoms with Gasteiger partial charge in [0.25, 0.3) is 5.91 Å². The van der Waals surface area contributed by atoms with Crippen LogP contribution in [0.3, 0.4) is 0 Å². The van der Waals surface area contributed by atoms with Crippen molar-refractivity contribution in [2.75, 3.05) is 12.5 Å². The maximum atomic E-state index is 12.2. The maximum Gasteiger partial charge on any atom is 0.253 e. The van der Waals surface area contributed by atoms with Gasteiger partial charge in [-0.05, 0) is 25.3 Å². The van der Waals surface area contributed by atoms with Crippen molar-refractivity contribution in [2.45, 2.75) is 33.2 Å². The third kappa shape index (κ3) is 3.10. The highest BCUT2D eigenvalue weighted by molar-refractivity contribution is 6.00. The van der Waals surface area contributed by atoms with Crippen LogP contribution in [0.5, 0.6) is 11.5 Å². The quantitative estimate of drug-likeness (QED) is 0.817. The average Bonchev–Trinajstić information content (AvgIpc) is 2.73. The second-order valence-electron chi connectivity index (χ2n) is 5.30. The van der Waals surface area contributed by atoms with E-state index >= 15 is 0 Å². The van der Waals surface area contributed by atoms with Gasteiger partial charge in [-0.25, -0.2) is 0 Å². The van der Waals surface area contributed by atoms with Gasteiger partial charge in [0.2, 0.25) is 6.79 Å². The van der Waals surface area contributed by atoms with Gasteiger partial charge in [0.15, 0.2) is 11.5 Å². The topological polar surface area (TPSA) is 73.6 Å². The second-order valence-corrected chi connectivity index (χ2v) is 5.30. The summed E-state index contributed by atoms with van der Waals surface area (Å²) in [5.41, 5.74) is 6.71. The number of carbonyl (C=O) groups is 1. The summed E-state index contributed by atoms with van der Waals surface area (Å²) in [7, 11) is 0. The van der Waals surface area contributed by atoms with Crippen LogP contribution in [0.25, 0.3) is 0 Å². The van der Waals surface area contributed by atoms with Gasteiger partial charge in [-0.3, -0.25) is 4.79 Å². The number of hydrogen-bond acceptors (Lipinski definition) is 4. The normalized spacial score (nSPS) is 14.5. The van der Waals surface area contributed by atoms with Crippen LogP contribution >= 0.6 is 0 Å². The first kappa shape index (κ1) is 13.5. The minimum absolute atomic E-state index is 0.109. The summed E-state index contributed by atoms with van der Waals surface area (Å²) in [5, 5.41) is 2.94. The molecule has 2 rings (SSSR count). The van der Waals surface area contributed by atoms with E-state index in [1.54, 1.807) is 12.1 Å². The summed E-state index contributed by atoms with van der Waals surface area (Å²) in [4.78, 5) is 12.2. The number of nitrogens with one attached hydrogen (secondary N) is 1. The second kappa shape index (κ2) is 5.38. The summed E-state index contributed by atoms with van der Waals surface area (Å²) in [5.74, 6) is 1.51. The zero-order chi connectivity index (χ0) is 14.0. The standard InChI is InChI=1S/C14H20N2O3/c1-8(2)4-9(3)16-14(17)10-5-12-13(6-11(10)15)19-7-18-12/h5-6,8-9H,4,7,15H2,1-3H3,(H,16,17). The third-order valence-corrected chi connectivity index (χ3v) is 2.99. The average molecular weight is 264 g/mol. The molecule has 1 aliphatic rings. The van der Waals surface area contributed by atoms with Crippen LogP contribution in [0.1, 0.15) is 37.6 Å². The maximum absolute atomic E-state index is 12.2. The molecule has 104 valence electrons. The zero-order valence-corrected chi connectivity index (χ0v) is 11.5. The zero-order valence-electron chi connectivity index (χ0n) is 11.5. The lowest BCUT2D eigenvalue weighted by molar-refractivity contribution is 0.0936. The molecule has 0 fully saturated rings. The molecule has 1 aliphatic heterocycles. The summed E-state index contributed by atoms with van der Waals surface area (Å²) >= 11 is 0. The van der Waals surface area contributed by atoms with Crippen LogP contribution in [0.4, 0.5) is 5.69 Å². The SMILES string of the molecule is CC(C)CC(C)NC(=O)c1cc2c(cc1N)OCO2. The van der Waals surface area contributed by atoms with Gasteiger partial charge in [0.1, 0.15) is 0 Å². The van der Waals surface area contributed by atoms with E-state index in [4.69, 9.17) is 15.2 Å². The molecule has 0 saturated carbocycles. The smallest absolute Gasteiger partial charge is 0.253 e. The van der Waals surface area contributed by atoms with Crippen LogP contribution in [0, 0.1) is 5.92 Å².